The van der Waals surface area contributed by atoms with Crippen molar-refractivity contribution in [3.63, 3.8) is 0 Å². The average molecular weight is 470 g/mol. The lowest BCUT2D eigenvalue weighted by Crippen LogP contribution is -2.53. The summed E-state index contributed by atoms with van der Waals surface area (Å²) in [5.74, 6) is -0.832. The zero-order valence-electron chi connectivity index (χ0n) is 15.8. The molecule has 2 saturated heterocycles. The summed E-state index contributed by atoms with van der Waals surface area (Å²) in [4.78, 5) is 13.7. The van der Waals surface area contributed by atoms with Crippen LogP contribution in [0.25, 0.3) is 0 Å². The van der Waals surface area contributed by atoms with Gasteiger partial charge in [-0.3, -0.25) is 4.79 Å². The molecule has 2 fully saturated rings. The Morgan fingerprint density at radius 1 is 1.10 bits per heavy atom. The van der Waals surface area contributed by atoms with E-state index in [0.717, 1.165) is 24.3 Å². The van der Waals surface area contributed by atoms with Crippen molar-refractivity contribution in [2.75, 3.05) is 44.3 Å². The highest BCUT2D eigenvalue weighted by molar-refractivity contribution is 7.95. The molecule has 0 spiro atoms. The number of carbonyl (C=O) groups is 1. The minimum Gasteiger partial charge on any atom is -0.484 e. The second-order valence-electron chi connectivity index (χ2n) is 7.16. The Labute approximate surface area is 172 Å². The van der Waals surface area contributed by atoms with Gasteiger partial charge in [-0.1, -0.05) is 0 Å². The maximum atomic E-state index is 12.6. The summed E-state index contributed by atoms with van der Waals surface area (Å²) < 4.78 is 92.4. The molecule has 2 heterocycles. The van der Waals surface area contributed by atoms with Crippen LogP contribution >= 0.6 is 0 Å². The van der Waals surface area contributed by atoms with Gasteiger partial charge in [-0.25, -0.2) is 16.8 Å². The number of hydrogen-bond donors (Lipinski definition) is 0. The van der Waals surface area contributed by atoms with Gasteiger partial charge in [0.15, 0.2) is 16.4 Å². The zero-order chi connectivity index (χ0) is 22.2. The van der Waals surface area contributed by atoms with Crippen LogP contribution in [0.4, 0.5) is 13.2 Å². The molecule has 0 saturated carbocycles. The van der Waals surface area contributed by atoms with E-state index in [2.05, 4.69) is 0 Å². The number of nitrogens with zero attached hydrogens (tertiary/aromatic N) is 2. The first kappa shape index (κ1) is 22.8. The summed E-state index contributed by atoms with van der Waals surface area (Å²) in [6, 6.07) is 3.95. The van der Waals surface area contributed by atoms with Gasteiger partial charge in [0.05, 0.1) is 22.3 Å². The molecule has 1 aromatic rings. The Bertz CT molecular complexity index is 985. The molecule has 0 bridgehead atoms. The first-order valence-corrected chi connectivity index (χ1v) is 12.5. The van der Waals surface area contributed by atoms with Gasteiger partial charge >= 0.3 is 6.18 Å². The lowest BCUT2D eigenvalue weighted by atomic mass is 10.2. The molecule has 1 unspecified atom stereocenters. The van der Waals surface area contributed by atoms with Crippen LogP contribution in [-0.4, -0.2) is 81.5 Å². The maximum Gasteiger partial charge on any atom is 0.416 e. The van der Waals surface area contributed by atoms with Crippen molar-refractivity contribution in [3.05, 3.63) is 29.8 Å². The monoisotopic (exact) mass is 470 g/mol. The van der Waals surface area contributed by atoms with Gasteiger partial charge < -0.3 is 9.64 Å². The highest BCUT2D eigenvalue weighted by Crippen LogP contribution is 2.30. The van der Waals surface area contributed by atoms with E-state index in [9.17, 15) is 34.8 Å². The molecule has 2 aliphatic rings. The molecule has 1 aromatic carbocycles. The Morgan fingerprint density at radius 3 is 2.20 bits per heavy atom. The summed E-state index contributed by atoms with van der Waals surface area (Å²) in [6.45, 7) is -0.0589. The Balaban J connectivity index is 1.49. The van der Waals surface area contributed by atoms with Crippen LogP contribution in [0.5, 0.6) is 5.75 Å². The standard InChI is InChI=1S/C17H21F3N2O6S2/c18-17(19,20)13-1-3-14(4-2-13)28-11-16(23)21-6-8-22(9-7-21)30(26,27)15-5-10-29(24,25)12-15/h1-4,15H,5-12H2. The van der Waals surface area contributed by atoms with Crippen molar-refractivity contribution in [1.29, 1.82) is 0 Å². The number of sulfonamides is 1. The van der Waals surface area contributed by atoms with Gasteiger partial charge in [-0.05, 0) is 30.7 Å². The molecule has 1 atom stereocenters. The van der Waals surface area contributed by atoms with E-state index in [1.807, 2.05) is 0 Å². The summed E-state index contributed by atoms with van der Waals surface area (Å²) in [5, 5.41) is -0.951. The summed E-state index contributed by atoms with van der Waals surface area (Å²) >= 11 is 0. The number of halogens is 3. The molecule has 0 aliphatic carbocycles. The van der Waals surface area contributed by atoms with Crippen molar-refractivity contribution >= 4 is 25.8 Å². The molecule has 1 amide bonds. The van der Waals surface area contributed by atoms with Gasteiger partial charge in [0.1, 0.15) is 5.75 Å². The molecule has 168 valence electrons. The highest BCUT2D eigenvalue weighted by atomic mass is 32.2. The third-order valence-electron chi connectivity index (χ3n) is 5.11. The molecule has 13 heteroatoms. The highest BCUT2D eigenvalue weighted by Gasteiger charge is 2.41. The molecule has 3 rings (SSSR count). The van der Waals surface area contributed by atoms with Crippen molar-refractivity contribution in [2.24, 2.45) is 0 Å². The Morgan fingerprint density at radius 2 is 1.70 bits per heavy atom. The van der Waals surface area contributed by atoms with E-state index in [1.165, 1.54) is 9.21 Å². The molecule has 8 nitrogen and oxygen atoms in total. The summed E-state index contributed by atoms with van der Waals surface area (Å²) in [5.41, 5.74) is -0.825. The van der Waals surface area contributed by atoms with Gasteiger partial charge in [0.2, 0.25) is 10.0 Å². The maximum absolute atomic E-state index is 12.6. The number of ether oxygens (including phenoxy) is 1. The Kier molecular flexibility index (Phi) is 6.35. The zero-order valence-corrected chi connectivity index (χ0v) is 17.5. The van der Waals surface area contributed by atoms with E-state index in [-0.39, 0.29) is 56.5 Å². The van der Waals surface area contributed by atoms with Crippen LogP contribution in [0.1, 0.15) is 12.0 Å². The topological polar surface area (TPSA) is 101 Å². The van der Waals surface area contributed by atoms with Crippen molar-refractivity contribution < 1.29 is 39.5 Å². The first-order valence-electron chi connectivity index (χ1n) is 9.16. The van der Waals surface area contributed by atoms with E-state index in [4.69, 9.17) is 4.74 Å². The number of hydrogen-bond acceptors (Lipinski definition) is 6. The van der Waals surface area contributed by atoms with Gasteiger partial charge in [-0.2, -0.15) is 17.5 Å². The summed E-state index contributed by atoms with van der Waals surface area (Å²) in [6.07, 6.45) is -4.39. The van der Waals surface area contributed by atoms with E-state index < -0.39 is 42.8 Å². The normalized spacial score (nSPS) is 22.8. The SMILES string of the molecule is O=C(COc1ccc(C(F)(F)F)cc1)N1CCN(S(=O)(=O)C2CCS(=O)(=O)C2)CC1. The fraction of sp³-hybridized carbons (Fsp3) is 0.588. The minimum atomic E-state index is -4.46. The van der Waals surface area contributed by atoms with Crippen LogP contribution in [0.3, 0.4) is 0 Å². The van der Waals surface area contributed by atoms with Gasteiger partial charge in [0.25, 0.3) is 5.91 Å². The van der Waals surface area contributed by atoms with Crippen molar-refractivity contribution in [3.8, 4) is 5.75 Å². The van der Waals surface area contributed by atoms with E-state index >= 15 is 0 Å². The van der Waals surface area contributed by atoms with Crippen LogP contribution in [0.2, 0.25) is 0 Å². The predicted octanol–water partition coefficient (Wildman–Crippen LogP) is 0.745. The molecule has 2 aliphatic heterocycles. The number of carbonyl (C=O) groups excluding carboxylic acids is 1. The molecule has 30 heavy (non-hydrogen) atoms. The lowest BCUT2D eigenvalue weighted by molar-refractivity contribution is -0.138. The fourth-order valence-electron chi connectivity index (χ4n) is 3.38. The van der Waals surface area contributed by atoms with Crippen molar-refractivity contribution in [1.82, 2.24) is 9.21 Å². The second kappa shape index (κ2) is 8.35. The van der Waals surface area contributed by atoms with Gasteiger partial charge in [-0.15, -0.1) is 0 Å². The smallest absolute Gasteiger partial charge is 0.416 e. The molecule has 0 aromatic heterocycles. The van der Waals surface area contributed by atoms with Crippen LogP contribution in [0, 0.1) is 0 Å². The average Bonchev–Trinajstić information content (AvgIpc) is 3.06. The lowest BCUT2D eigenvalue weighted by Gasteiger charge is -2.35. The predicted molar refractivity (Wildman–Crippen MR) is 101 cm³/mol. The number of benzene rings is 1. The van der Waals surface area contributed by atoms with E-state index in [0.29, 0.717) is 0 Å². The number of piperazine rings is 1. The number of alkyl halides is 3. The minimum absolute atomic E-state index is 0.0465. The second-order valence-corrected chi connectivity index (χ2v) is 11.6. The largest absolute Gasteiger partial charge is 0.484 e. The van der Waals surface area contributed by atoms with Crippen LogP contribution in [0.15, 0.2) is 24.3 Å². The van der Waals surface area contributed by atoms with Gasteiger partial charge in [0, 0.05) is 26.2 Å². The van der Waals surface area contributed by atoms with Crippen LogP contribution < -0.4 is 4.74 Å². The fourth-order valence-corrected chi connectivity index (χ4v) is 7.89. The first-order chi connectivity index (χ1) is 13.9. The molecule has 0 N–H and O–H groups in total. The number of rotatable bonds is 5. The quantitative estimate of drug-likeness (QED) is 0.630. The molecular formula is C17H21F3N2O6S2. The summed E-state index contributed by atoms with van der Waals surface area (Å²) in [7, 11) is -7.10. The third kappa shape index (κ3) is 5.24. The molecular weight excluding hydrogens is 449 g/mol. The van der Waals surface area contributed by atoms with E-state index in [1.54, 1.807) is 0 Å². The Hall–Kier alpha value is -1.86. The number of amides is 1. The third-order valence-corrected chi connectivity index (χ3v) is 9.42. The van der Waals surface area contributed by atoms with Crippen LogP contribution in [-0.2, 0) is 30.8 Å². The molecule has 0 radical (unpaired) electrons. The number of sulfone groups is 1. The van der Waals surface area contributed by atoms with Crippen molar-refractivity contribution in [2.45, 2.75) is 17.8 Å².